The second-order valence-corrected chi connectivity index (χ2v) is 9.11. The number of pyridine rings is 1. The Morgan fingerprint density at radius 2 is 1.69 bits per heavy atom. The molecule has 8 heteroatoms. The van der Waals surface area contributed by atoms with Crippen LogP contribution in [0, 0.1) is 11.6 Å². The summed E-state index contributed by atoms with van der Waals surface area (Å²) in [5, 5.41) is 5.55. The molecule has 6 rings (SSSR count). The third-order valence-electron chi connectivity index (χ3n) is 6.86. The van der Waals surface area contributed by atoms with Gasteiger partial charge >= 0.3 is 0 Å². The summed E-state index contributed by atoms with van der Waals surface area (Å²) in [4.78, 5) is 12.1. The van der Waals surface area contributed by atoms with Crippen LogP contribution in [-0.4, -0.2) is 30.8 Å². The van der Waals surface area contributed by atoms with Gasteiger partial charge in [-0.2, -0.15) is 5.10 Å². The van der Waals surface area contributed by atoms with Crippen molar-refractivity contribution in [1.29, 1.82) is 0 Å². The average Bonchev–Trinajstić information content (AvgIpc) is 3.56. The molecule has 0 bridgehead atoms. The lowest BCUT2D eigenvalue weighted by molar-refractivity contribution is 0.286. The SMILES string of the molecule is N[C@@H]1CCCCC1n1cc(-c2cnc3ccc(-c4[nH]cnc4-c4ccc(F)c(F)c4)cc3c2)cn1. The van der Waals surface area contributed by atoms with Crippen LogP contribution in [0.3, 0.4) is 0 Å². The lowest BCUT2D eigenvalue weighted by Crippen LogP contribution is -2.35. The Morgan fingerprint density at radius 3 is 2.54 bits per heavy atom. The average molecular weight is 471 g/mol. The van der Waals surface area contributed by atoms with Crippen molar-refractivity contribution in [2.75, 3.05) is 0 Å². The van der Waals surface area contributed by atoms with Gasteiger partial charge < -0.3 is 10.7 Å². The Morgan fingerprint density at radius 1 is 0.857 bits per heavy atom. The summed E-state index contributed by atoms with van der Waals surface area (Å²) in [5.41, 5.74) is 11.8. The molecule has 1 fully saturated rings. The number of fused-ring (bicyclic) bond motifs is 1. The third-order valence-corrected chi connectivity index (χ3v) is 6.86. The molecule has 0 amide bonds. The maximum Gasteiger partial charge on any atom is 0.159 e. The zero-order chi connectivity index (χ0) is 23.9. The van der Waals surface area contributed by atoms with E-state index in [2.05, 4.69) is 32.3 Å². The molecular formula is C27H24F2N6. The fourth-order valence-electron chi connectivity index (χ4n) is 4.96. The van der Waals surface area contributed by atoms with Crippen molar-refractivity contribution in [3.63, 3.8) is 0 Å². The standard InChI is InChI=1S/C27H24F2N6/c28-21-7-5-17(11-22(21)29)27-26(32-15-33-27)16-6-8-24-18(9-16)10-19(12-31-24)20-13-34-35(14-20)25-4-2-1-3-23(25)30/h5-15,23,25H,1-4,30H2,(H,32,33)/t23-,25?/m1/s1. The van der Waals surface area contributed by atoms with E-state index in [0.717, 1.165) is 58.3 Å². The van der Waals surface area contributed by atoms with Crippen molar-refractivity contribution in [2.24, 2.45) is 5.73 Å². The van der Waals surface area contributed by atoms with E-state index in [1.807, 2.05) is 35.3 Å². The van der Waals surface area contributed by atoms with E-state index in [-0.39, 0.29) is 12.1 Å². The first-order chi connectivity index (χ1) is 17.1. The Bertz CT molecular complexity index is 1520. The molecular weight excluding hydrogens is 446 g/mol. The fraction of sp³-hybridized carbons (Fsp3) is 0.222. The topological polar surface area (TPSA) is 85.4 Å². The van der Waals surface area contributed by atoms with Gasteiger partial charge in [0.15, 0.2) is 11.6 Å². The van der Waals surface area contributed by atoms with Crippen LogP contribution in [-0.2, 0) is 0 Å². The van der Waals surface area contributed by atoms with Gasteiger partial charge in [-0.25, -0.2) is 13.8 Å². The highest BCUT2D eigenvalue weighted by atomic mass is 19.2. The molecule has 1 saturated carbocycles. The first kappa shape index (κ1) is 21.6. The molecule has 0 aliphatic heterocycles. The van der Waals surface area contributed by atoms with Crippen molar-refractivity contribution in [3.05, 3.63) is 79.0 Å². The molecule has 0 radical (unpaired) electrons. The van der Waals surface area contributed by atoms with Crippen LogP contribution in [0.25, 0.3) is 44.5 Å². The number of aromatic amines is 1. The number of benzene rings is 2. The van der Waals surface area contributed by atoms with Gasteiger partial charge in [-0.1, -0.05) is 18.9 Å². The summed E-state index contributed by atoms with van der Waals surface area (Å²) in [7, 11) is 0. The van der Waals surface area contributed by atoms with Crippen LogP contribution < -0.4 is 5.73 Å². The smallest absolute Gasteiger partial charge is 0.159 e. The molecule has 1 unspecified atom stereocenters. The van der Waals surface area contributed by atoms with E-state index in [0.29, 0.717) is 11.3 Å². The molecule has 3 N–H and O–H groups in total. The summed E-state index contributed by atoms with van der Waals surface area (Å²) >= 11 is 0. The first-order valence-electron chi connectivity index (χ1n) is 11.8. The van der Waals surface area contributed by atoms with Crippen LogP contribution in [0.4, 0.5) is 8.78 Å². The monoisotopic (exact) mass is 470 g/mol. The van der Waals surface area contributed by atoms with E-state index < -0.39 is 11.6 Å². The van der Waals surface area contributed by atoms with Crippen LogP contribution in [0.5, 0.6) is 0 Å². The Balaban J connectivity index is 1.35. The predicted molar refractivity (Wildman–Crippen MR) is 131 cm³/mol. The van der Waals surface area contributed by atoms with Gasteiger partial charge in [0.25, 0.3) is 0 Å². The molecule has 2 atom stereocenters. The number of nitrogens with one attached hydrogen (secondary N) is 1. The Labute approximate surface area is 200 Å². The summed E-state index contributed by atoms with van der Waals surface area (Å²) in [6.45, 7) is 0. The minimum absolute atomic E-state index is 0.131. The first-order valence-corrected chi connectivity index (χ1v) is 11.8. The number of H-pyrrole nitrogens is 1. The number of halogens is 2. The van der Waals surface area contributed by atoms with E-state index in [9.17, 15) is 8.78 Å². The number of nitrogens with two attached hydrogens (primary N) is 1. The summed E-state index contributed by atoms with van der Waals surface area (Å²) < 4.78 is 29.2. The van der Waals surface area contributed by atoms with Crippen LogP contribution in [0.15, 0.2) is 67.4 Å². The Hall–Kier alpha value is -3.91. The van der Waals surface area contributed by atoms with E-state index in [1.54, 1.807) is 6.33 Å². The number of hydrogen-bond donors (Lipinski definition) is 2. The molecule has 3 aromatic heterocycles. The van der Waals surface area contributed by atoms with Gasteiger partial charge in [0, 0.05) is 46.1 Å². The zero-order valence-electron chi connectivity index (χ0n) is 19.0. The van der Waals surface area contributed by atoms with Gasteiger partial charge in [-0.15, -0.1) is 0 Å². The van der Waals surface area contributed by atoms with Crippen LogP contribution in [0.2, 0.25) is 0 Å². The van der Waals surface area contributed by atoms with Gasteiger partial charge in [0.05, 0.1) is 35.5 Å². The van der Waals surface area contributed by atoms with Gasteiger partial charge in [0.2, 0.25) is 0 Å². The molecule has 1 aliphatic rings. The largest absolute Gasteiger partial charge is 0.344 e. The molecule has 1 aliphatic carbocycles. The second-order valence-electron chi connectivity index (χ2n) is 9.11. The van der Waals surface area contributed by atoms with Gasteiger partial charge in [0.1, 0.15) is 0 Å². The predicted octanol–water partition coefficient (Wildman–Crippen LogP) is 5.88. The molecule has 5 aromatic rings. The molecule has 2 aromatic carbocycles. The maximum absolute atomic E-state index is 13.8. The highest BCUT2D eigenvalue weighted by molar-refractivity contribution is 5.89. The zero-order valence-corrected chi connectivity index (χ0v) is 19.0. The molecule has 3 heterocycles. The highest BCUT2D eigenvalue weighted by Crippen LogP contribution is 2.33. The van der Waals surface area contributed by atoms with Crippen LogP contribution in [0.1, 0.15) is 31.7 Å². The molecule has 0 spiro atoms. The lowest BCUT2D eigenvalue weighted by Gasteiger charge is -2.28. The van der Waals surface area contributed by atoms with Crippen molar-refractivity contribution in [1.82, 2.24) is 24.7 Å². The highest BCUT2D eigenvalue weighted by Gasteiger charge is 2.24. The number of rotatable bonds is 4. The maximum atomic E-state index is 13.8. The number of aromatic nitrogens is 5. The number of hydrogen-bond acceptors (Lipinski definition) is 4. The molecule has 0 saturated heterocycles. The number of nitrogens with zero attached hydrogens (tertiary/aromatic N) is 4. The Kier molecular flexibility index (Phi) is 5.37. The minimum atomic E-state index is -0.904. The lowest BCUT2D eigenvalue weighted by atomic mass is 9.91. The van der Waals surface area contributed by atoms with Crippen molar-refractivity contribution in [3.8, 4) is 33.6 Å². The summed E-state index contributed by atoms with van der Waals surface area (Å²) in [6.07, 6.45) is 11.8. The quantitative estimate of drug-likeness (QED) is 0.344. The van der Waals surface area contributed by atoms with Gasteiger partial charge in [-0.3, -0.25) is 9.67 Å². The van der Waals surface area contributed by atoms with E-state index in [4.69, 9.17) is 5.73 Å². The van der Waals surface area contributed by atoms with E-state index >= 15 is 0 Å². The fourth-order valence-corrected chi connectivity index (χ4v) is 4.96. The molecule has 6 nitrogen and oxygen atoms in total. The number of imidazole rings is 1. The minimum Gasteiger partial charge on any atom is -0.344 e. The van der Waals surface area contributed by atoms with Crippen LogP contribution >= 0.6 is 0 Å². The van der Waals surface area contributed by atoms with Crippen molar-refractivity contribution in [2.45, 2.75) is 37.8 Å². The van der Waals surface area contributed by atoms with Crippen molar-refractivity contribution < 1.29 is 8.78 Å². The van der Waals surface area contributed by atoms with Gasteiger partial charge in [-0.05, 0) is 49.2 Å². The molecule has 35 heavy (non-hydrogen) atoms. The molecule has 176 valence electrons. The summed E-state index contributed by atoms with van der Waals surface area (Å²) in [6, 6.07) is 12.1. The second kappa shape index (κ2) is 8.70. The van der Waals surface area contributed by atoms with E-state index in [1.165, 1.54) is 18.9 Å². The normalized spacial score (nSPS) is 18.3. The third kappa shape index (κ3) is 4.00. The van der Waals surface area contributed by atoms with Crippen molar-refractivity contribution >= 4 is 10.9 Å². The summed E-state index contributed by atoms with van der Waals surface area (Å²) in [5.74, 6) is -1.79.